The summed E-state index contributed by atoms with van der Waals surface area (Å²) in [5.74, 6) is -3.04. The van der Waals surface area contributed by atoms with E-state index in [2.05, 4.69) is 15.9 Å². The van der Waals surface area contributed by atoms with Gasteiger partial charge in [0.1, 0.15) is 5.75 Å². The lowest BCUT2D eigenvalue weighted by molar-refractivity contribution is -0.131. The van der Waals surface area contributed by atoms with Gasteiger partial charge >= 0.3 is 5.97 Å². The highest BCUT2D eigenvalue weighted by molar-refractivity contribution is 9.10. The van der Waals surface area contributed by atoms with Crippen molar-refractivity contribution >= 4 is 38.5 Å². The van der Waals surface area contributed by atoms with Gasteiger partial charge in [0.15, 0.2) is 0 Å². The first-order valence-electron chi connectivity index (χ1n) is 4.69. The van der Waals surface area contributed by atoms with Gasteiger partial charge in [-0.05, 0) is 35.0 Å². The normalized spacial score (nSPS) is 10.4. The SMILES string of the molecule is O=C(O)C(=O)c1cc2cc(Br)ccc2cc1O. The van der Waals surface area contributed by atoms with E-state index in [1.54, 1.807) is 18.2 Å². The lowest BCUT2D eigenvalue weighted by Crippen LogP contribution is -2.12. The fraction of sp³-hybridized carbons (Fsp3) is 0. The van der Waals surface area contributed by atoms with Crippen LogP contribution in [0.2, 0.25) is 0 Å². The number of aromatic hydroxyl groups is 1. The van der Waals surface area contributed by atoms with E-state index in [1.807, 2.05) is 0 Å². The molecule has 0 aliphatic rings. The van der Waals surface area contributed by atoms with Crippen molar-refractivity contribution in [3.8, 4) is 5.75 Å². The summed E-state index contributed by atoms with van der Waals surface area (Å²) in [6, 6.07) is 8.03. The maximum absolute atomic E-state index is 11.3. The Kier molecular flexibility index (Phi) is 2.85. The van der Waals surface area contributed by atoms with Crippen molar-refractivity contribution < 1.29 is 19.8 Å². The van der Waals surface area contributed by atoms with Gasteiger partial charge < -0.3 is 10.2 Å². The van der Waals surface area contributed by atoms with Crippen LogP contribution in [-0.4, -0.2) is 22.0 Å². The van der Waals surface area contributed by atoms with E-state index in [1.165, 1.54) is 12.1 Å². The second kappa shape index (κ2) is 4.18. The van der Waals surface area contributed by atoms with Gasteiger partial charge in [-0.15, -0.1) is 0 Å². The maximum atomic E-state index is 11.3. The Morgan fingerprint density at radius 2 is 1.76 bits per heavy atom. The quantitative estimate of drug-likeness (QED) is 0.659. The minimum atomic E-state index is -1.59. The minimum Gasteiger partial charge on any atom is -0.507 e. The topological polar surface area (TPSA) is 74.6 Å². The Hall–Kier alpha value is -1.88. The molecule has 0 spiro atoms. The molecule has 0 aliphatic carbocycles. The number of carboxylic acids is 1. The van der Waals surface area contributed by atoms with Crippen molar-refractivity contribution in [2.45, 2.75) is 0 Å². The summed E-state index contributed by atoms with van der Waals surface area (Å²) < 4.78 is 0.810. The van der Waals surface area contributed by atoms with Crippen molar-refractivity contribution in [2.24, 2.45) is 0 Å². The molecule has 0 unspecified atom stereocenters. The molecule has 0 heterocycles. The van der Waals surface area contributed by atoms with Crippen LogP contribution in [0, 0.1) is 0 Å². The molecule has 86 valence electrons. The summed E-state index contributed by atoms with van der Waals surface area (Å²) in [4.78, 5) is 21.9. The Bertz CT molecular complexity index is 634. The number of hydrogen-bond donors (Lipinski definition) is 2. The van der Waals surface area contributed by atoms with Gasteiger partial charge in [-0.2, -0.15) is 0 Å². The van der Waals surface area contributed by atoms with E-state index < -0.39 is 11.8 Å². The van der Waals surface area contributed by atoms with E-state index in [0.29, 0.717) is 5.39 Å². The van der Waals surface area contributed by atoms with E-state index in [-0.39, 0.29) is 11.3 Å². The summed E-state index contributed by atoms with van der Waals surface area (Å²) >= 11 is 3.28. The minimum absolute atomic E-state index is 0.205. The molecule has 2 rings (SSSR count). The van der Waals surface area contributed by atoms with Crippen molar-refractivity contribution in [3.05, 3.63) is 40.4 Å². The zero-order valence-corrected chi connectivity index (χ0v) is 10.1. The molecule has 5 heteroatoms. The van der Waals surface area contributed by atoms with Crippen LogP contribution >= 0.6 is 15.9 Å². The highest BCUT2D eigenvalue weighted by Crippen LogP contribution is 2.27. The molecule has 2 aromatic rings. The molecule has 0 saturated heterocycles. The van der Waals surface area contributed by atoms with Crippen LogP contribution in [0.4, 0.5) is 0 Å². The zero-order chi connectivity index (χ0) is 12.6. The third-order valence-electron chi connectivity index (χ3n) is 2.36. The van der Waals surface area contributed by atoms with Gasteiger partial charge in [0.2, 0.25) is 0 Å². The van der Waals surface area contributed by atoms with Crippen molar-refractivity contribution in [2.75, 3.05) is 0 Å². The molecule has 0 saturated carbocycles. The smallest absolute Gasteiger partial charge is 0.377 e. The van der Waals surface area contributed by atoms with Crippen LogP contribution in [-0.2, 0) is 4.79 Å². The number of carboxylic acid groups (broad SMARTS) is 1. The van der Waals surface area contributed by atoms with E-state index >= 15 is 0 Å². The number of fused-ring (bicyclic) bond motifs is 1. The number of halogens is 1. The van der Waals surface area contributed by atoms with Crippen LogP contribution in [0.25, 0.3) is 10.8 Å². The van der Waals surface area contributed by atoms with Crippen LogP contribution in [0.3, 0.4) is 0 Å². The molecule has 2 aromatic carbocycles. The van der Waals surface area contributed by atoms with Gasteiger partial charge in [-0.3, -0.25) is 4.79 Å². The number of phenols is 1. The molecule has 0 aromatic heterocycles. The number of Topliss-reactive ketones (excluding diaryl/α,β-unsaturated/α-hetero) is 1. The Balaban J connectivity index is 2.69. The van der Waals surface area contributed by atoms with E-state index in [9.17, 15) is 14.7 Å². The second-order valence-electron chi connectivity index (χ2n) is 3.50. The van der Waals surface area contributed by atoms with E-state index in [0.717, 1.165) is 9.86 Å². The molecule has 0 bridgehead atoms. The number of rotatable bonds is 2. The van der Waals surface area contributed by atoms with Crippen LogP contribution in [0.5, 0.6) is 5.75 Å². The van der Waals surface area contributed by atoms with Crippen molar-refractivity contribution in [3.63, 3.8) is 0 Å². The summed E-state index contributed by atoms with van der Waals surface area (Å²) in [7, 11) is 0. The first-order valence-corrected chi connectivity index (χ1v) is 5.48. The summed E-state index contributed by atoms with van der Waals surface area (Å²) in [6.07, 6.45) is 0. The Labute approximate surface area is 105 Å². The van der Waals surface area contributed by atoms with Crippen LogP contribution in [0.15, 0.2) is 34.8 Å². The van der Waals surface area contributed by atoms with Crippen LogP contribution < -0.4 is 0 Å². The molecule has 0 amide bonds. The largest absolute Gasteiger partial charge is 0.507 e. The molecule has 2 N–H and O–H groups in total. The summed E-state index contributed by atoms with van der Waals surface area (Å²) in [5, 5.41) is 19.6. The third-order valence-corrected chi connectivity index (χ3v) is 2.85. The van der Waals surface area contributed by atoms with Gasteiger partial charge in [0.25, 0.3) is 5.78 Å². The molecule has 0 radical (unpaired) electrons. The second-order valence-corrected chi connectivity index (χ2v) is 4.41. The number of hydrogen-bond acceptors (Lipinski definition) is 3. The van der Waals surface area contributed by atoms with Crippen molar-refractivity contribution in [1.82, 2.24) is 0 Å². The molecule has 0 fully saturated rings. The van der Waals surface area contributed by atoms with Crippen molar-refractivity contribution in [1.29, 1.82) is 0 Å². The molecular formula is C12H7BrO4. The maximum Gasteiger partial charge on any atom is 0.377 e. The predicted molar refractivity (Wildman–Crippen MR) is 65.3 cm³/mol. The molecule has 4 nitrogen and oxygen atoms in total. The Morgan fingerprint density at radius 3 is 2.41 bits per heavy atom. The summed E-state index contributed by atoms with van der Waals surface area (Å²) in [5.41, 5.74) is -0.205. The number of benzene rings is 2. The average Bonchev–Trinajstić information content (AvgIpc) is 2.27. The highest BCUT2D eigenvalue weighted by Gasteiger charge is 2.19. The highest BCUT2D eigenvalue weighted by atomic mass is 79.9. The lowest BCUT2D eigenvalue weighted by atomic mass is 10.0. The number of phenolic OH excluding ortho intramolecular Hbond substituents is 1. The monoisotopic (exact) mass is 294 g/mol. The Morgan fingerprint density at radius 1 is 1.06 bits per heavy atom. The zero-order valence-electron chi connectivity index (χ0n) is 8.48. The lowest BCUT2D eigenvalue weighted by Gasteiger charge is -2.04. The molecule has 0 atom stereocenters. The number of carbonyl (C=O) groups excluding carboxylic acids is 1. The first-order chi connectivity index (χ1) is 7.99. The predicted octanol–water partition coefficient (Wildman–Crippen LogP) is 2.58. The van der Waals surface area contributed by atoms with Gasteiger partial charge in [-0.25, -0.2) is 4.79 Å². The molecular weight excluding hydrogens is 288 g/mol. The average molecular weight is 295 g/mol. The fourth-order valence-corrected chi connectivity index (χ4v) is 1.93. The fourth-order valence-electron chi connectivity index (χ4n) is 1.55. The number of carbonyl (C=O) groups is 2. The first kappa shape index (κ1) is 11.6. The molecule has 17 heavy (non-hydrogen) atoms. The van der Waals surface area contributed by atoms with Gasteiger partial charge in [0.05, 0.1) is 5.56 Å². The van der Waals surface area contributed by atoms with E-state index in [4.69, 9.17) is 5.11 Å². The third kappa shape index (κ3) is 2.14. The number of aliphatic carboxylic acids is 1. The number of ketones is 1. The van der Waals surface area contributed by atoms with Gasteiger partial charge in [-0.1, -0.05) is 22.0 Å². The molecule has 0 aliphatic heterocycles. The van der Waals surface area contributed by atoms with Crippen LogP contribution in [0.1, 0.15) is 10.4 Å². The van der Waals surface area contributed by atoms with Gasteiger partial charge in [0, 0.05) is 4.47 Å². The standard InChI is InChI=1S/C12H7BrO4/c13-8-2-1-6-5-10(14)9(4-7(6)3-8)11(15)12(16)17/h1-5,14H,(H,16,17). The summed E-state index contributed by atoms with van der Waals surface area (Å²) in [6.45, 7) is 0.